The van der Waals surface area contributed by atoms with E-state index in [4.69, 9.17) is 9.47 Å². The van der Waals surface area contributed by atoms with Crippen LogP contribution in [0.5, 0.6) is 0 Å². The molecule has 1 fully saturated rings. The van der Waals surface area contributed by atoms with Crippen molar-refractivity contribution in [1.82, 2.24) is 0 Å². The molecule has 0 N–H and O–H groups in total. The van der Waals surface area contributed by atoms with Gasteiger partial charge in [0.1, 0.15) is 0 Å². The maximum Gasteiger partial charge on any atom is 0.309 e. The fraction of sp³-hybridized carbons (Fsp3) is 0.857. The van der Waals surface area contributed by atoms with Gasteiger partial charge in [-0.25, -0.2) is 0 Å². The molecule has 0 aromatic carbocycles. The van der Waals surface area contributed by atoms with Crippen molar-refractivity contribution < 1.29 is 19.1 Å². The molecule has 0 saturated heterocycles. The normalized spacial score (nSPS) is 23.8. The van der Waals surface area contributed by atoms with Crippen LogP contribution in [0.1, 0.15) is 52.9 Å². The van der Waals surface area contributed by atoms with Crippen molar-refractivity contribution >= 4 is 11.9 Å². The molecule has 0 aliphatic heterocycles. The zero-order valence-corrected chi connectivity index (χ0v) is 11.6. The average molecular weight is 256 g/mol. The van der Waals surface area contributed by atoms with Gasteiger partial charge >= 0.3 is 11.9 Å². The smallest absolute Gasteiger partial charge is 0.309 e. The zero-order valence-electron chi connectivity index (χ0n) is 11.6. The molecule has 0 atom stereocenters. The molecule has 0 aromatic heterocycles. The van der Waals surface area contributed by atoms with Gasteiger partial charge in [0.25, 0.3) is 0 Å². The quantitative estimate of drug-likeness (QED) is 0.710. The van der Waals surface area contributed by atoms with Crippen molar-refractivity contribution in [3.05, 3.63) is 0 Å². The highest BCUT2D eigenvalue weighted by Gasteiger charge is 2.31. The molecule has 0 unspecified atom stereocenters. The van der Waals surface area contributed by atoms with Crippen LogP contribution in [0.25, 0.3) is 0 Å². The van der Waals surface area contributed by atoms with E-state index < -0.39 is 0 Å². The van der Waals surface area contributed by atoms with Gasteiger partial charge in [0, 0.05) is 0 Å². The molecule has 1 rings (SSSR count). The molecule has 4 heteroatoms. The average Bonchev–Trinajstić information content (AvgIpc) is 2.35. The number of esters is 2. The molecule has 1 aliphatic rings. The third kappa shape index (κ3) is 4.67. The second-order valence-electron chi connectivity index (χ2n) is 5.20. The lowest BCUT2D eigenvalue weighted by Gasteiger charge is -2.26. The summed E-state index contributed by atoms with van der Waals surface area (Å²) in [6.07, 6.45) is 3.72. The Kier molecular flexibility index (Phi) is 6.16. The lowest BCUT2D eigenvalue weighted by atomic mass is 9.82. The highest BCUT2D eigenvalue weighted by atomic mass is 16.5. The van der Waals surface area contributed by atoms with Gasteiger partial charge in [-0.1, -0.05) is 6.92 Å². The molecule has 0 spiro atoms. The Balaban J connectivity index is 2.32. The Morgan fingerprint density at radius 2 is 1.56 bits per heavy atom. The third-order valence-corrected chi connectivity index (χ3v) is 3.19. The first-order valence-corrected chi connectivity index (χ1v) is 6.91. The summed E-state index contributed by atoms with van der Waals surface area (Å²) in [7, 11) is 0. The fourth-order valence-corrected chi connectivity index (χ4v) is 2.21. The highest BCUT2D eigenvalue weighted by molar-refractivity contribution is 5.75. The van der Waals surface area contributed by atoms with Crippen LogP contribution in [0.4, 0.5) is 0 Å². The topological polar surface area (TPSA) is 52.6 Å². The monoisotopic (exact) mass is 256 g/mol. The van der Waals surface area contributed by atoms with Crippen molar-refractivity contribution in [1.29, 1.82) is 0 Å². The van der Waals surface area contributed by atoms with Gasteiger partial charge in [-0.15, -0.1) is 0 Å². The minimum absolute atomic E-state index is 0.0281. The summed E-state index contributed by atoms with van der Waals surface area (Å²) in [5, 5.41) is 0. The predicted octanol–water partition coefficient (Wildman–Crippen LogP) is 2.70. The van der Waals surface area contributed by atoms with Crippen molar-refractivity contribution in [2.24, 2.45) is 11.8 Å². The molecule has 0 heterocycles. The first kappa shape index (κ1) is 15.0. The molecule has 0 amide bonds. The van der Waals surface area contributed by atoms with E-state index in [0.717, 1.165) is 32.1 Å². The van der Waals surface area contributed by atoms with E-state index in [9.17, 15) is 9.59 Å². The summed E-state index contributed by atoms with van der Waals surface area (Å²) in [5.74, 6) is -0.292. The molecular weight excluding hydrogens is 232 g/mol. The van der Waals surface area contributed by atoms with E-state index in [1.165, 1.54) is 0 Å². The minimum atomic E-state index is -0.120. The van der Waals surface area contributed by atoms with Gasteiger partial charge in [-0.2, -0.15) is 0 Å². The summed E-state index contributed by atoms with van der Waals surface area (Å²) in [6.45, 7) is 6.18. The molecule has 18 heavy (non-hydrogen) atoms. The van der Waals surface area contributed by atoms with Crippen molar-refractivity contribution in [2.75, 3.05) is 6.61 Å². The van der Waals surface area contributed by atoms with Gasteiger partial charge in [-0.05, 0) is 46.0 Å². The highest BCUT2D eigenvalue weighted by Crippen LogP contribution is 2.30. The standard InChI is InChI=1S/C14H24O4/c1-4-9-17-13(15)11-5-7-12(8-6-11)14(16)18-10(2)3/h10-12H,4-9H2,1-3H3. The fourth-order valence-electron chi connectivity index (χ4n) is 2.21. The number of rotatable bonds is 5. The van der Waals surface area contributed by atoms with Gasteiger partial charge in [0.15, 0.2) is 0 Å². The maximum atomic E-state index is 11.7. The third-order valence-electron chi connectivity index (χ3n) is 3.19. The maximum absolute atomic E-state index is 11.7. The molecular formula is C14H24O4. The number of ether oxygens (including phenoxy) is 2. The number of carbonyl (C=O) groups excluding carboxylic acids is 2. The van der Waals surface area contributed by atoms with Crippen LogP contribution < -0.4 is 0 Å². The van der Waals surface area contributed by atoms with E-state index in [1.54, 1.807) is 0 Å². The zero-order chi connectivity index (χ0) is 13.5. The van der Waals surface area contributed by atoms with Crippen LogP contribution in [-0.4, -0.2) is 24.6 Å². The lowest BCUT2D eigenvalue weighted by Crippen LogP contribution is -2.29. The van der Waals surface area contributed by atoms with Crippen LogP contribution in [0.3, 0.4) is 0 Å². The summed E-state index contributed by atoms with van der Waals surface area (Å²) in [4.78, 5) is 23.4. The molecule has 1 saturated carbocycles. The summed E-state index contributed by atoms with van der Waals surface area (Å²) < 4.78 is 10.3. The number of hydrogen-bond acceptors (Lipinski definition) is 4. The first-order valence-electron chi connectivity index (χ1n) is 6.91. The van der Waals surface area contributed by atoms with E-state index in [1.807, 2.05) is 20.8 Å². The SMILES string of the molecule is CCCOC(=O)C1CCC(C(=O)OC(C)C)CC1. The second kappa shape index (κ2) is 7.39. The van der Waals surface area contributed by atoms with Crippen LogP contribution in [-0.2, 0) is 19.1 Å². The molecule has 104 valence electrons. The summed E-state index contributed by atoms with van der Waals surface area (Å²) in [5.41, 5.74) is 0. The molecule has 0 radical (unpaired) electrons. The van der Waals surface area contributed by atoms with E-state index >= 15 is 0 Å². The van der Waals surface area contributed by atoms with Gasteiger partial charge in [-0.3, -0.25) is 9.59 Å². The van der Waals surface area contributed by atoms with Crippen LogP contribution in [0.15, 0.2) is 0 Å². The van der Waals surface area contributed by atoms with Gasteiger partial charge in [0.05, 0.1) is 24.5 Å². The first-order chi connectivity index (χ1) is 8.54. The van der Waals surface area contributed by atoms with Crippen LogP contribution in [0.2, 0.25) is 0 Å². The van der Waals surface area contributed by atoms with E-state index in [2.05, 4.69) is 0 Å². The Bertz CT molecular complexity index is 278. The predicted molar refractivity (Wildman–Crippen MR) is 67.9 cm³/mol. The molecule has 1 aliphatic carbocycles. The largest absolute Gasteiger partial charge is 0.465 e. The Hall–Kier alpha value is -1.06. The molecule has 0 aromatic rings. The minimum Gasteiger partial charge on any atom is -0.465 e. The van der Waals surface area contributed by atoms with Gasteiger partial charge in [0.2, 0.25) is 0 Å². The van der Waals surface area contributed by atoms with E-state index in [-0.39, 0.29) is 29.9 Å². The van der Waals surface area contributed by atoms with Crippen LogP contribution >= 0.6 is 0 Å². The Labute approximate surface area is 109 Å². The van der Waals surface area contributed by atoms with Crippen LogP contribution in [0, 0.1) is 11.8 Å². The second-order valence-corrected chi connectivity index (χ2v) is 5.20. The molecule has 4 nitrogen and oxygen atoms in total. The van der Waals surface area contributed by atoms with Crippen molar-refractivity contribution in [3.63, 3.8) is 0 Å². The summed E-state index contributed by atoms with van der Waals surface area (Å²) in [6, 6.07) is 0. The number of hydrogen-bond donors (Lipinski definition) is 0. The van der Waals surface area contributed by atoms with Crippen molar-refractivity contribution in [2.45, 2.75) is 59.0 Å². The Morgan fingerprint density at radius 3 is 2.00 bits per heavy atom. The van der Waals surface area contributed by atoms with Gasteiger partial charge < -0.3 is 9.47 Å². The molecule has 0 bridgehead atoms. The summed E-state index contributed by atoms with van der Waals surface area (Å²) >= 11 is 0. The van der Waals surface area contributed by atoms with Crippen molar-refractivity contribution in [3.8, 4) is 0 Å². The lowest BCUT2D eigenvalue weighted by molar-refractivity contribution is -0.157. The Morgan fingerprint density at radius 1 is 1.06 bits per heavy atom. The number of carbonyl (C=O) groups is 2. The van der Waals surface area contributed by atoms with E-state index in [0.29, 0.717) is 6.61 Å².